The summed E-state index contributed by atoms with van der Waals surface area (Å²) in [6, 6.07) is 6.01. The Balaban J connectivity index is 0.00000210. The van der Waals surface area contributed by atoms with Gasteiger partial charge in [0.1, 0.15) is 6.29 Å². The highest BCUT2D eigenvalue weighted by Crippen LogP contribution is 2.19. The van der Waals surface area contributed by atoms with Crippen LogP contribution in [0.2, 0.25) is 0 Å². The third-order valence-corrected chi connectivity index (χ3v) is 5.08. The largest absolute Gasteiger partial charge is 0.481 e. The predicted octanol–water partition coefficient (Wildman–Crippen LogP) is 1.75. The number of fused-ring (bicyclic) bond motifs is 1. The molecular formula is C23H30N8O4. The van der Waals surface area contributed by atoms with E-state index in [4.69, 9.17) is 16.6 Å². The number of rotatable bonds is 9. The van der Waals surface area contributed by atoms with Crippen LogP contribution < -0.4 is 16.4 Å². The van der Waals surface area contributed by atoms with Gasteiger partial charge in [0.15, 0.2) is 17.0 Å². The van der Waals surface area contributed by atoms with E-state index >= 15 is 0 Å². The minimum Gasteiger partial charge on any atom is -0.481 e. The number of carboxylic acids is 1. The van der Waals surface area contributed by atoms with Crippen LogP contribution in [0.3, 0.4) is 0 Å². The van der Waals surface area contributed by atoms with E-state index in [-0.39, 0.29) is 30.5 Å². The van der Waals surface area contributed by atoms with E-state index in [1.165, 1.54) is 11.9 Å². The van der Waals surface area contributed by atoms with Gasteiger partial charge in [0.2, 0.25) is 5.95 Å². The molecule has 0 fully saturated rings. The minimum atomic E-state index is -1.02. The highest BCUT2D eigenvalue weighted by molar-refractivity contribution is 5.96. The Hall–Kier alpha value is -4.35. The van der Waals surface area contributed by atoms with Crippen LogP contribution in [0.5, 0.6) is 0 Å². The van der Waals surface area contributed by atoms with Gasteiger partial charge in [-0.2, -0.15) is 9.97 Å². The molecule has 0 aliphatic rings. The van der Waals surface area contributed by atoms with E-state index in [2.05, 4.69) is 19.9 Å². The second-order valence-corrected chi connectivity index (χ2v) is 7.46. The van der Waals surface area contributed by atoms with Crippen LogP contribution in [0.1, 0.15) is 42.7 Å². The quantitative estimate of drug-likeness (QED) is 0.378. The van der Waals surface area contributed by atoms with Gasteiger partial charge < -0.3 is 31.2 Å². The smallest absolute Gasteiger partial charge is 0.303 e. The van der Waals surface area contributed by atoms with Crippen LogP contribution in [-0.2, 0) is 16.1 Å². The maximum Gasteiger partial charge on any atom is 0.303 e. The molecule has 12 nitrogen and oxygen atoms in total. The Bertz CT molecular complexity index is 1190. The summed E-state index contributed by atoms with van der Waals surface area (Å²) in [7, 11) is 3.33. The van der Waals surface area contributed by atoms with Crippen LogP contribution in [0.15, 0.2) is 30.5 Å². The summed E-state index contributed by atoms with van der Waals surface area (Å²) in [5.41, 5.74) is 14.0. The van der Waals surface area contributed by atoms with Gasteiger partial charge in [-0.25, -0.2) is 9.97 Å². The van der Waals surface area contributed by atoms with Gasteiger partial charge in [0, 0.05) is 31.8 Å². The Morgan fingerprint density at radius 1 is 1.09 bits per heavy atom. The van der Waals surface area contributed by atoms with Crippen molar-refractivity contribution in [2.75, 3.05) is 30.5 Å². The van der Waals surface area contributed by atoms with E-state index in [9.17, 15) is 14.4 Å². The number of benzene rings is 1. The average Bonchev–Trinajstić information content (AvgIpc) is 2.85. The minimum absolute atomic E-state index is 0.0285. The molecule has 5 N–H and O–H groups in total. The number of anilines is 3. The van der Waals surface area contributed by atoms with Crippen molar-refractivity contribution < 1.29 is 19.5 Å². The maximum atomic E-state index is 12.7. The van der Waals surface area contributed by atoms with E-state index in [0.29, 0.717) is 35.3 Å². The standard InChI is InChI=1S/C21H24N8O4.C2H6/c1-28(10-13-9-24-19-17(25-13)18(22)26-21(23)27-19)14-5-3-12(4-6-14)20(33)29(2)15(11-30)7-8-16(31)32;1-2/h3-6,9,11,15H,7-8,10H2,1-2H3,(H,31,32)(H4,22,23,24,26,27);1-2H3. The normalized spacial score (nSPS) is 11.2. The second kappa shape index (κ2) is 12.2. The van der Waals surface area contributed by atoms with E-state index in [1.807, 2.05) is 25.8 Å². The first kappa shape index (κ1) is 26.9. The zero-order valence-electron chi connectivity index (χ0n) is 20.2. The van der Waals surface area contributed by atoms with E-state index in [1.54, 1.807) is 30.5 Å². The van der Waals surface area contributed by atoms with Crippen molar-refractivity contribution in [3.8, 4) is 0 Å². The summed E-state index contributed by atoms with van der Waals surface area (Å²) in [6.07, 6.45) is 2.01. The molecule has 0 saturated heterocycles. The number of carbonyl (C=O) groups excluding carboxylic acids is 2. The van der Waals surface area contributed by atoms with Crippen LogP contribution in [-0.4, -0.2) is 68.2 Å². The number of amides is 1. The Morgan fingerprint density at radius 3 is 2.34 bits per heavy atom. The van der Waals surface area contributed by atoms with Crippen molar-refractivity contribution in [3.05, 3.63) is 41.7 Å². The molecule has 0 bridgehead atoms. The van der Waals surface area contributed by atoms with Crippen LogP contribution in [0.25, 0.3) is 11.2 Å². The topological polar surface area (TPSA) is 182 Å². The number of aliphatic carboxylic acids is 1. The number of nitrogen functional groups attached to an aromatic ring is 2. The highest BCUT2D eigenvalue weighted by Gasteiger charge is 2.21. The van der Waals surface area contributed by atoms with Gasteiger partial charge in [-0.1, -0.05) is 13.8 Å². The lowest BCUT2D eigenvalue weighted by atomic mass is 10.1. The molecule has 0 saturated carbocycles. The molecule has 1 atom stereocenters. The van der Waals surface area contributed by atoms with Crippen molar-refractivity contribution >= 4 is 46.8 Å². The molecule has 3 rings (SSSR count). The maximum absolute atomic E-state index is 12.7. The number of hydrogen-bond acceptors (Lipinski definition) is 10. The fourth-order valence-electron chi connectivity index (χ4n) is 3.23. The third kappa shape index (κ3) is 6.82. The first-order valence-electron chi connectivity index (χ1n) is 11.0. The third-order valence-electron chi connectivity index (χ3n) is 5.08. The Labute approximate surface area is 203 Å². The number of carbonyl (C=O) groups is 3. The number of hydrogen-bond donors (Lipinski definition) is 3. The highest BCUT2D eigenvalue weighted by atomic mass is 16.4. The fourth-order valence-corrected chi connectivity index (χ4v) is 3.23. The molecule has 1 amide bonds. The van der Waals surface area contributed by atoms with Gasteiger partial charge in [0.05, 0.1) is 24.5 Å². The second-order valence-electron chi connectivity index (χ2n) is 7.46. The number of nitrogens with zero attached hydrogens (tertiary/aromatic N) is 6. The summed E-state index contributed by atoms with van der Waals surface area (Å²) < 4.78 is 0. The molecule has 12 heteroatoms. The number of likely N-dealkylation sites (N-methyl/N-ethyl adjacent to an activating group) is 1. The lowest BCUT2D eigenvalue weighted by Crippen LogP contribution is -2.38. The molecule has 0 radical (unpaired) electrons. The first-order chi connectivity index (χ1) is 16.7. The zero-order chi connectivity index (χ0) is 26.1. The summed E-state index contributed by atoms with van der Waals surface area (Å²) in [6.45, 7) is 4.41. The molecule has 0 aliphatic carbocycles. The number of nitrogens with two attached hydrogens (primary N) is 2. The Kier molecular flexibility index (Phi) is 9.38. The van der Waals surface area contributed by atoms with Gasteiger partial charge >= 0.3 is 5.97 Å². The molecule has 2 aromatic heterocycles. The van der Waals surface area contributed by atoms with Crippen LogP contribution >= 0.6 is 0 Å². The molecule has 2 heterocycles. The van der Waals surface area contributed by atoms with Crippen molar-refractivity contribution in [1.82, 2.24) is 24.8 Å². The molecular weight excluding hydrogens is 452 g/mol. The van der Waals surface area contributed by atoms with E-state index in [0.717, 1.165) is 5.69 Å². The molecule has 186 valence electrons. The summed E-state index contributed by atoms with van der Waals surface area (Å²) in [4.78, 5) is 54.5. The van der Waals surface area contributed by atoms with Gasteiger partial charge in [-0.05, 0) is 30.7 Å². The lowest BCUT2D eigenvalue weighted by Gasteiger charge is -2.24. The van der Waals surface area contributed by atoms with Crippen LogP contribution in [0, 0.1) is 0 Å². The molecule has 1 unspecified atom stereocenters. The van der Waals surface area contributed by atoms with Gasteiger partial charge in [0.25, 0.3) is 5.91 Å². The number of aldehydes is 1. The van der Waals surface area contributed by atoms with Crippen molar-refractivity contribution in [3.63, 3.8) is 0 Å². The molecule has 35 heavy (non-hydrogen) atoms. The first-order valence-corrected chi connectivity index (χ1v) is 11.0. The SMILES string of the molecule is CC.CN(Cc1cnc2nc(N)nc(N)c2n1)c1ccc(C(=O)N(C)C(C=O)CCC(=O)O)cc1. The lowest BCUT2D eigenvalue weighted by molar-refractivity contribution is -0.137. The summed E-state index contributed by atoms with van der Waals surface area (Å²) >= 11 is 0. The van der Waals surface area contributed by atoms with Crippen molar-refractivity contribution in [2.45, 2.75) is 39.3 Å². The molecule has 0 spiro atoms. The van der Waals surface area contributed by atoms with Crippen LogP contribution in [0.4, 0.5) is 17.5 Å². The predicted molar refractivity (Wildman–Crippen MR) is 133 cm³/mol. The van der Waals surface area contributed by atoms with Gasteiger partial charge in [-0.3, -0.25) is 9.59 Å². The number of aromatic nitrogens is 4. The van der Waals surface area contributed by atoms with E-state index < -0.39 is 12.0 Å². The number of carboxylic acid groups (broad SMARTS) is 1. The van der Waals surface area contributed by atoms with Gasteiger partial charge in [-0.15, -0.1) is 0 Å². The molecule has 3 aromatic rings. The van der Waals surface area contributed by atoms with Crippen molar-refractivity contribution in [1.29, 1.82) is 0 Å². The molecule has 0 aliphatic heterocycles. The molecule has 1 aromatic carbocycles. The van der Waals surface area contributed by atoms with Crippen molar-refractivity contribution in [2.24, 2.45) is 0 Å². The monoisotopic (exact) mass is 482 g/mol. The summed E-state index contributed by atoms with van der Waals surface area (Å²) in [5, 5.41) is 8.81. The average molecular weight is 483 g/mol. The Morgan fingerprint density at radius 2 is 1.74 bits per heavy atom. The fraction of sp³-hybridized carbons (Fsp3) is 0.348. The zero-order valence-corrected chi connectivity index (χ0v) is 20.2. The summed E-state index contributed by atoms with van der Waals surface area (Å²) in [5.74, 6) is -1.22.